The van der Waals surface area contributed by atoms with E-state index in [-0.39, 0.29) is 30.9 Å². The summed E-state index contributed by atoms with van der Waals surface area (Å²) in [6.07, 6.45) is 8.69. The fraction of sp³-hybridized carbons (Fsp3) is 0.529. The van der Waals surface area contributed by atoms with Crippen LogP contribution in [0, 0.1) is 17.8 Å². The van der Waals surface area contributed by atoms with Gasteiger partial charge >= 0.3 is 0 Å². The van der Waals surface area contributed by atoms with Crippen molar-refractivity contribution in [3.05, 3.63) is 29.7 Å². The standard InChI is InChI=1S/C17H20N4O2S/c22-8-13-10-1-2-11(5-10)16(13)21-15(23)6-12-9-24-17(20-12)14-7-18-3-4-19-14/h3-4,7,9-11,13,16,22H,1-2,5-6,8H2,(H,21,23). The van der Waals surface area contributed by atoms with Crippen LogP contribution in [-0.4, -0.2) is 38.6 Å². The molecule has 2 aromatic rings. The Bertz CT molecular complexity index is 720. The number of hydrogen-bond donors (Lipinski definition) is 2. The largest absolute Gasteiger partial charge is 0.396 e. The minimum atomic E-state index is -0.0120. The summed E-state index contributed by atoms with van der Waals surface area (Å²) in [6, 6.07) is 0.124. The van der Waals surface area contributed by atoms with E-state index >= 15 is 0 Å². The molecule has 2 aromatic heterocycles. The van der Waals surface area contributed by atoms with E-state index in [1.807, 2.05) is 5.38 Å². The predicted octanol–water partition coefficient (Wildman–Crippen LogP) is 1.67. The highest BCUT2D eigenvalue weighted by Crippen LogP contribution is 2.48. The average Bonchev–Trinajstić information content (AvgIpc) is 3.31. The number of carbonyl (C=O) groups excluding carboxylic acids is 1. The van der Waals surface area contributed by atoms with Gasteiger partial charge in [-0.1, -0.05) is 0 Å². The second kappa shape index (κ2) is 6.57. The first kappa shape index (κ1) is 15.7. The highest BCUT2D eigenvalue weighted by Gasteiger charge is 2.47. The van der Waals surface area contributed by atoms with Crippen molar-refractivity contribution < 1.29 is 9.90 Å². The first-order valence-corrected chi connectivity index (χ1v) is 9.23. The van der Waals surface area contributed by atoms with E-state index in [1.165, 1.54) is 24.2 Å². The number of amides is 1. The fourth-order valence-corrected chi connectivity index (χ4v) is 4.99. The van der Waals surface area contributed by atoms with Crippen LogP contribution >= 0.6 is 11.3 Å². The van der Waals surface area contributed by atoms with Gasteiger partial charge in [0.25, 0.3) is 0 Å². The highest BCUT2D eigenvalue weighted by atomic mass is 32.1. The number of fused-ring (bicyclic) bond motifs is 2. The number of aliphatic hydroxyl groups excluding tert-OH is 1. The molecular weight excluding hydrogens is 324 g/mol. The maximum atomic E-state index is 12.4. The van der Waals surface area contributed by atoms with Gasteiger partial charge in [-0.3, -0.25) is 14.8 Å². The summed E-state index contributed by atoms with van der Waals surface area (Å²) in [5.41, 5.74) is 1.48. The van der Waals surface area contributed by atoms with Crippen LogP contribution < -0.4 is 5.32 Å². The zero-order chi connectivity index (χ0) is 16.5. The normalized spacial score (nSPS) is 28.2. The molecule has 24 heavy (non-hydrogen) atoms. The highest BCUT2D eigenvalue weighted by molar-refractivity contribution is 7.13. The predicted molar refractivity (Wildman–Crippen MR) is 90.2 cm³/mol. The number of aliphatic hydroxyl groups is 1. The lowest BCUT2D eigenvalue weighted by atomic mass is 9.85. The summed E-state index contributed by atoms with van der Waals surface area (Å²) in [6.45, 7) is 0.166. The molecule has 7 heteroatoms. The number of nitrogens with one attached hydrogen (secondary N) is 1. The van der Waals surface area contributed by atoms with Crippen molar-refractivity contribution in [2.45, 2.75) is 31.7 Å². The van der Waals surface area contributed by atoms with Crippen LogP contribution in [0.15, 0.2) is 24.0 Å². The molecule has 4 rings (SSSR count). The molecule has 4 atom stereocenters. The first-order valence-electron chi connectivity index (χ1n) is 8.35. The van der Waals surface area contributed by atoms with Gasteiger partial charge in [-0.2, -0.15) is 0 Å². The summed E-state index contributed by atoms with van der Waals surface area (Å²) < 4.78 is 0. The Hall–Kier alpha value is -1.86. The zero-order valence-corrected chi connectivity index (χ0v) is 14.1. The van der Waals surface area contributed by atoms with E-state index in [0.717, 1.165) is 22.8 Å². The molecule has 2 heterocycles. The molecule has 6 nitrogen and oxygen atoms in total. The van der Waals surface area contributed by atoms with Crippen LogP contribution in [0.25, 0.3) is 10.7 Å². The molecular formula is C17H20N4O2S. The van der Waals surface area contributed by atoms with Crippen molar-refractivity contribution in [2.75, 3.05) is 6.61 Å². The molecule has 0 aliphatic heterocycles. The third-order valence-electron chi connectivity index (χ3n) is 5.30. The van der Waals surface area contributed by atoms with Crippen molar-refractivity contribution in [2.24, 2.45) is 17.8 Å². The van der Waals surface area contributed by atoms with Crippen LogP contribution in [0.5, 0.6) is 0 Å². The van der Waals surface area contributed by atoms with Gasteiger partial charge < -0.3 is 10.4 Å². The minimum absolute atomic E-state index is 0.0120. The first-order chi connectivity index (χ1) is 11.7. The van der Waals surface area contributed by atoms with Crippen molar-refractivity contribution in [1.29, 1.82) is 0 Å². The summed E-state index contributed by atoms with van der Waals surface area (Å²) in [4.78, 5) is 25.2. The van der Waals surface area contributed by atoms with Crippen LogP contribution in [0.2, 0.25) is 0 Å². The van der Waals surface area contributed by atoms with Gasteiger partial charge in [-0.05, 0) is 31.1 Å². The second-order valence-corrected chi connectivity index (χ2v) is 7.54. The fourth-order valence-electron chi connectivity index (χ4n) is 4.21. The average molecular weight is 344 g/mol. The smallest absolute Gasteiger partial charge is 0.226 e. The van der Waals surface area contributed by atoms with Crippen LogP contribution in [0.4, 0.5) is 0 Å². The summed E-state index contributed by atoms with van der Waals surface area (Å²) in [7, 11) is 0. The molecule has 0 aromatic carbocycles. The number of hydrogen-bond acceptors (Lipinski definition) is 6. The van der Waals surface area contributed by atoms with Gasteiger partial charge in [0.2, 0.25) is 5.91 Å². The lowest BCUT2D eigenvalue weighted by Crippen LogP contribution is -2.45. The van der Waals surface area contributed by atoms with Crippen molar-refractivity contribution in [1.82, 2.24) is 20.3 Å². The van der Waals surface area contributed by atoms with Crippen LogP contribution in [-0.2, 0) is 11.2 Å². The number of carbonyl (C=O) groups is 1. The molecule has 2 fully saturated rings. The minimum Gasteiger partial charge on any atom is -0.396 e. The Morgan fingerprint density at radius 2 is 2.21 bits per heavy atom. The molecule has 2 aliphatic rings. The monoisotopic (exact) mass is 344 g/mol. The second-order valence-electron chi connectivity index (χ2n) is 6.68. The van der Waals surface area contributed by atoms with Gasteiger partial charge in [0.15, 0.2) is 0 Å². The topological polar surface area (TPSA) is 88.0 Å². The molecule has 0 radical (unpaired) electrons. The van der Waals surface area contributed by atoms with Gasteiger partial charge in [0.05, 0.1) is 18.3 Å². The Kier molecular flexibility index (Phi) is 4.28. The third-order valence-corrected chi connectivity index (χ3v) is 6.22. The van der Waals surface area contributed by atoms with Crippen molar-refractivity contribution >= 4 is 17.2 Å². The molecule has 2 N–H and O–H groups in total. The van der Waals surface area contributed by atoms with Gasteiger partial charge in [0.1, 0.15) is 10.7 Å². The maximum absolute atomic E-state index is 12.4. The van der Waals surface area contributed by atoms with E-state index in [9.17, 15) is 9.90 Å². The molecule has 0 spiro atoms. The Balaban J connectivity index is 1.39. The number of nitrogens with zero attached hydrogens (tertiary/aromatic N) is 3. The summed E-state index contributed by atoms with van der Waals surface area (Å²) in [5, 5.41) is 15.4. The van der Waals surface area contributed by atoms with E-state index < -0.39 is 0 Å². The van der Waals surface area contributed by atoms with Crippen molar-refractivity contribution in [3.8, 4) is 10.7 Å². The summed E-state index contributed by atoms with van der Waals surface area (Å²) in [5.74, 6) is 1.31. The van der Waals surface area contributed by atoms with E-state index in [1.54, 1.807) is 18.6 Å². The number of rotatable bonds is 5. The summed E-state index contributed by atoms with van der Waals surface area (Å²) >= 11 is 1.47. The Labute approximate surface area is 144 Å². The molecule has 1 amide bonds. The quantitative estimate of drug-likeness (QED) is 0.861. The van der Waals surface area contributed by atoms with Gasteiger partial charge in [-0.25, -0.2) is 4.98 Å². The SMILES string of the molecule is O=C(Cc1csc(-c2cnccn2)n1)NC1C2CCC(C2)C1CO. The van der Waals surface area contributed by atoms with E-state index in [0.29, 0.717) is 11.8 Å². The molecule has 2 saturated carbocycles. The van der Waals surface area contributed by atoms with Crippen molar-refractivity contribution in [3.63, 3.8) is 0 Å². The Morgan fingerprint density at radius 3 is 3.00 bits per heavy atom. The van der Waals surface area contributed by atoms with Gasteiger partial charge in [0, 0.05) is 36.3 Å². The molecule has 126 valence electrons. The lowest BCUT2D eigenvalue weighted by molar-refractivity contribution is -0.122. The zero-order valence-electron chi connectivity index (χ0n) is 13.3. The van der Waals surface area contributed by atoms with E-state index in [2.05, 4.69) is 20.3 Å². The molecule has 0 saturated heterocycles. The molecule has 2 aliphatic carbocycles. The van der Waals surface area contributed by atoms with Gasteiger partial charge in [-0.15, -0.1) is 11.3 Å². The maximum Gasteiger partial charge on any atom is 0.226 e. The molecule has 4 unspecified atom stereocenters. The van der Waals surface area contributed by atoms with Crippen LogP contribution in [0.1, 0.15) is 25.0 Å². The molecule has 2 bridgehead atoms. The lowest BCUT2D eigenvalue weighted by Gasteiger charge is -2.30. The number of aromatic nitrogens is 3. The number of thiazole rings is 1. The third kappa shape index (κ3) is 2.93. The Morgan fingerprint density at radius 1 is 1.33 bits per heavy atom. The van der Waals surface area contributed by atoms with Crippen LogP contribution in [0.3, 0.4) is 0 Å². The van der Waals surface area contributed by atoms with E-state index in [4.69, 9.17) is 0 Å².